The number of rotatable bonds is 4. The highest BCUT2D eigenvalue weighted by atomic mass is 35.5. The van der Waals surface area contributed by atoms with Crippen LogP contribution >= 0.6 is 22.9 Å². The minimum Gasteiger partial charge on any atom is -0.394 e. The third-order valence-corrected chi connectivity index (χ3v) is 4.86. The van der Waals surface area contributed by atoms with E-state index < -0.39 is 17.0 Å². The van der Waals surface area contributed by atoms with Crippen molar-refractivity contribution in [3.05, 3.63) is 56.8 Å². The van der Waals surface area contributed by atoms with E-state index in [9.17, 15) is 14.7 Å². The zero-order valence-corrected chi connectivity index (χ0v) is 15.2. The van der Waals surface area contributed by atoms with Crippen molar-refractivity contribution in [1.29, 1.82) is 0 Å². The van der Waals surface area contributed by atoms with E-state index in [2.05, 4.69) is 10.3 Å². The Balaban J connectivity index is 2.15. The van der Waals surface area contributed by atoms with Gasteiger partial charge in [0.1, 0.15) is 5.56 Å². The molecule has 0 aliphatic rings. The van der Waals surface area contributed by atoms with Crippen molar-refractivity contribution in [1.82, 2.24) is 14.7 Å². The number of halogens is 1. The van der Waals surface area contributed by atoms with Gasteiger partial charge < -0.3 is 10.4 Å². The number of aliphatic hydroxyl groups excluding tert-OH is 1. The topological polar surface area (TPSA) is 83.7 Å². The van der Waals surface area contributed by atoms with Crippen LogP contribution in [0.1, 0.15) is 24.2 Å². The predicted octanol–water partition coefficient (Wildman–Crippen LogP) is 2.58. The van der Waals surface area contributed by atoms with E-state index >= 15 is 0 Å². The molecule has 2 aromatic heterocycles. The van der Waals surface area contributed by atoms with Gasteiger partial charge in [-0.3, -0.25) is 14.0 Å². The number of aliphatic hydroxyl groups is 1. The zero-order valence-electron chi connectivity index (χ0n) is 13.6. The second kappa shape index (κ2) is 6.59. The highest BCUT2D eigenvalue weighted by Gasteiger charge is 2.23. The van der Waals surface area contributed by atoms with Crippen LogP contribution in [0.2, 0.25) is 5.02 Å². The van der Waals surface area contributed by atoms with Crippen LogP contribution in [-0.2, 0) is 0 Å². The van der Waals surface area contributed by atoms with Crippen molar-refractivity contribution < 1.29 is 9.90 Å². The molecule has 3 aromatic rings. The average Bonchev–Trinajstić information content (AvgIpc) is 3.00. The molecule has 0 aliphatic carbocycles. The molecule has 25 heavy (non-hydrogen) atoms. The van der Waals surface area contributed by atoms with Gasteiger partial charge in [0.15, 0.2) is 4.96 Å². The smallest absolute Gasteiger partial charge is 0.271 e. The number of amides is 1. The van der Waals surface area contributed by atoms with E-state index in [1.165, 1.54) is 21.9 Å². The Hall–Kier alpha value is -2.22. The van der Waals surface area contributed by atoms with Crippen molar-refractivity contribution in [3.63, 3.8) is 0 Å². The van der Waals surface area contributed by atoms with Crippen LogP contribution in [-0.4, -0.2) is 32.5 Å². The summed E-state index contributed by atoms with van der Waals surface area (Å²) in [7, 11) is 0. The van der Waals surface area contributed by atoms with Gasteiger partial charge in [0.25, 0.3) is 11.5 Å². The number of carbonyl (C=O) groups excluding carboxylic acids is 1. The first-order valence-corrected chi connectivity index (χ1v) is 8.77. The second-order valence-corrected chi connectivity index (χ2v) is 7.44. The van der Waals surface area contributed by atoms with Crippen molar-refractivity contribution >= 4 is 33.8 Å². The molecule has 1 amide bonds. The van der Waals surface area contributed by atoms with Gasteiger partial charge >= 0.3 is 0 Å². The predicted molar refractivity (Wildman–Crippen MR) is 98.4 cm³/mol. The lowest BCUT2D eigenvalue weighted by Gasteiger charge is -2.23. The molecule has 0 atom stereocenters. The maximum absolute atomic E-state index is 12.9. The molecule has 130 valence electrons. The van der Waals surface area contributed by atoms with Gasteiger partial charge in [-0.05, 0) is 19.9 Å². The fourth-order valence-electron chi connectivity index (χ4n) is 2.32. The first-order chi connectivity index (χ1) is 11.8. The van der Waals surface area contributed by atoms with Crippen molar-refractivity contribution in [2.24, 2.45) is 0 Å². The van der Waals surface area contributed by atoms with Crippen molar-refractivity contribution in [2.75, 3.05) is 6.61 Å². The molecule has 0 saturated heterocycles. The molecule has 0 unspecified atom stereocenters. The van der Waals surface area contributed by atoms with E-state index in [1.54, 1.807) is 37.4 Å². The minimum atomic E-state index is -0.844. The standard InChI is InChI=1S/C17H16ClN3O3S/c1-17(2,9-22)20-14(23)11-7-19-16-21(15(11)24)13(8-25-16)10-5-3-4-6-12(10)18/h3-8,22H,9H2,1-2H3,(H,20,23). The summed E-state index contributed by atoms with van der Waals surface area (Å²) < 4.78 is 1.38. The van der Waals surface area contributed by atoms with Crippen LogP contribution in [0.4, 0.5) is 0 Å². The summed E-state index contributed by atoms with van der Waals surface area (Å²) in [6.45, 7) is 3.07. The molecule has 0 bridgehead atoms. The normalized spacial score (nSPS) is 11.7. The highest BCUT2D eigenvalue weighted by Crippen LogP contribution is 2.29. The Bertz CT molecular complexity index is 1010. The quantitative estimate of drug-likeness (QED) is 0.732. The van der Waals surface area contributed by atoms with Gasteiger partial charge in [-0.1, -0.05) is 29.8 Å². The van der Waals surface area contributed by atoms with Gasteiger partial charge in [-0.15, -0.1) is 11.3 Å². The lowest BCUT2D eigenvalue weighted by Crippen LogP contribution is -2.47. The van der Waals surface area contributed by atoms with Gasteiger partial charge in [0, 0.05) is 22.2 Å². The first kappa shape index (κ1) is 17.6. The summed E-state index contributed by atoms with van der Waals surface area (Å²) in [5, 5.41) is 14.2. The number of nitrogens with zero attached hydrogens (tertiary/aromatic N) is 2. The maximum Gasteiger partial charge on any atom is 0.271 e. The molecular weight excluding hydrogens is 362 g/mol. The molecule has 1 aromatic carbocycles. The Morgan fingerprint density at radius 3 is 2.80 bits per heavy atom. The number of hydrogen-bond acceptors (Lipinski definition) is 5. The molecule has 2 N–H and O–H groups in total. The number of carbonyl (C=O) groups is 1. The SMILES string of the molecule is CC(C)(CO)NC(=O)c1cnc2scc(-c3ccccc3Cl)n2c1=O. The molecule has 0 radical (unpaired) electrons. The summed E-state index contributed by atoms with van der Waals surface area (Å²) >= 11 is 7.53. The molecule has 0 fully saturated rings. The van der Waals surface area contributed by atoms with Crippen molar-refractivity contribution in [3.8, 4) is 11.3 Å². The van der Waals surface area contributed by atoms with E-state index in [-0.39, 0.29) is 12.2 Å². The average molecular weight is 378 g/mol. The Morgan fingerprint density at radius 2 is 2.12 bits per heavy atom. The largest absolute Gasteiger partial charge is 0.394 e. The lowest BCUT2D eigenvalue weighted by molar-refractivity contribution is 0.0867. The van der Waals surface area contributed by atoms with Crippen LogP contribution in [0.15, 0.2) is 40.6 Å². The Kier molecular flexibility index (Phi) is 4.64. The first-order valence-electron chi connectivity index (χ1n) is 7.51. The molecule has 3 rings (SSSR count). The van der Waals surface area contributed by atoms with Crippen molar-refractivity contribution in [2.45, 2.75) is 19.4 Å². The maximum atomic E-state index is 12.9. The lowest BCUT2D eigenvalue weighted by atomic mass is 10.1. The van der Waals surface area contributed by atoms with Gasteiger partial charge in [0.05, 0.1) is 17.8 Å². The third kappa shape index (κ3) is 3.30. The van der Waals surface area contributed by atoms with E-state index in [1.807, 2.05) is 6.07 Å². The zero-order chi connectivity index (χ0) is 18.2. The highest BCUT2D eigenvalue weighted by molar-refractivity contribution is 7.15. The number of hydrogen-bond donors (Lipinski definition) is 2. The third-order valence-electron chi connectivity index (χ3n) is 3.69. The Labute approximate surface area is 152 Å². The number of nitrogens with one attached hydrogen (secondary N) is 1. The summed E-state index contributed by atoms with van der Waals surface area (Å²) in [6, 6.07) is 7.16. The van der Waals surface area contributed by atoms with Crippen LogP contribution in [0.3, 0.4) is 0 Å². The molecule has 6 nitrogen and oxygen atoms in total. The molecular formula is C17H16ClN3O3S. The van der Waals surface area contributed by atoms with Gasteiger partial charge in [-0.2, -0.15) is 0 Å². The molecule has 0 spiro atoms. The second-order valence-electron chi connectivity index (χ2n) is 6.19. The van der Waals surface area contributed by atoms with Gasteiger partial charge in [0.2, 0.25) is 0 Å². The fourth-order valence-corrected chi connectivity index (χ4v) is 3.40. The van der Waals surface area contributed by atoms with Gasteiger partial charge in [-0.25, -0.2) is 4.98 Å². The monoisotopic (exact) mass is 377 g/mol. The molecule has 0 saturated carbocycles. The van der Waals surface area contributed by atoms with Crippen LogP contribution in [0, 0.1) is 0 Å². The molecule has 8 heteroatoms. The van der Waals surface area contributed by atoms with Crippen LogP contribution in [0.5, 0.6) is 0 Å². The minimum absolute atomic E-state index is 0.0919. The fraction of sp³-hybridized carbons (Fsp3) is 0.235. The summed E-state index contributed by atoms with van der Waals surface area (Å²) in [6.07, 6.45) is 1.26. The van der Waals surface area contributed by atoms with E-state index in [4.69, 9.17) is 11.6 Å². The summed E-state index contributed by atoms with van der Waals surface area (Å²) in [5.41, 5.74) is -0.145. The Morgan fingerprint density at radius 1 is 1.40 bits per heavy atom. The molecule has 2 heterocycles. The van der Waals surface area contributed by atoms with E-state index in [0.717, 1.165) is 0 Å². The summed E-state index contributed by atoms with van der Waals surface area (Å²) in [5.74, 6) is -0.581. The number of benzene rings is 1. The summed E-state index contributed by atoms with van der Waals surface area (Å²) in [4.78, 5) is 30.0. The number of fused-ring (bicyclic) bond motifs is 1. The van der Waals surface area contributed by atoms with Crippen LogP contribution < -0.4 is 10.9 Å². The molecule has 0 aliphatic heterocycles. The van der Waals surface area contributed by atoms with Crippen LogP contribution in [0.25, 0.3) is 16.2 Å². The number of aromatic nitrogens is 2. The number of thiazole rings is 1. The van der Waals surface area contributed by atoms with E-state index in [0.29, 0.717) is 21.2 Å².